The predicted molar refractivity (Wildman–Crippen MR) is 98.9 cm³/mol. The predicted octanol–water partition coefficient (Wildman–Crippen LogP) is 2.68. The number of aryl methyl sites for hydroxylation is 2. The van der Waals surface area contributed by atoms with Crippen molar-refractivity contribution in [3.05, 3.63) is 48.2 Å². The molecule has 2 N–H and O–H groups in total. The van der Waals surface area contributed by atoms with Crippen molar-refractivity contribution in [3.63, 3.8) is 0 Å². The van der Waals surface area contributed by atoms with E-state index in [1.165, 1.54) is 0 Å². The molecule has 132 valence electrons. The molecule has 0 aliphatic carbocycles. The van der Waals surface area contributed by atoms with Crippen molar-refractivity contribution in [2.24, 2.45) is 7.05 Å². The third-order valence-corrected chi connectivity index (χ3v) is 4.10. The van der Waals surface area contributed by atoms with Crippen LogP contribution in [0.15, 0.2) is 36.8 Å². The molecule has 0 aliphatic heterocycles. The van der Waals surface area contributed by atoms with Crippen molar-refractivity contribution in [1.82, 2.24) is 29.7 Å². The van der Waals surface area contributed by atoms with E-state index in [-0.39, 0.29) is 0 Å². The van der Waals surface area contributed by atoms with Crippen molar-refractivity contribution in [2.75, 3.05) is 12.4 Å². The van der Waals surface area contributed by atoms with Gasteiger partial charge in [-0.15, -0.1) is 0 Å². The standard InChI is InChI=1S/C18H19N7O/c1-11-7-19-18(24-17(11)12-8-21-25(2)10-12)20-9-16-22-14-5-4-13(26-3)6-15(14)23-16/h4-8,10H,9H2,1-3H3,(H,22,23)(H,19,20,24). The van der Waals surface area contributed by atoms with Gasteiger partial charge in [0.15, 0.2) is 0 Å². The summed E-state index contributed by atoms with van der Waals surface area (Å²) < 4.78 is 7.00. The lowest BCUT2D eigenvalue weighted by molar-refractivity contribution is 0.415. The molecule has 0 amide bonds. The number of imidazole rings is 1. The van der Waals surface area contributed by atoms with Crippen LogP contribution in [0, 0.1) is 6.92 Å². The first-order valence-electron chi connectivity index (χ1n) is 8.21. The molecule has 8 nitrogen and oxygen atoms in total. The van der Waals surface area contributed by atoms with Crippen LogP contribution in [-0.4, -0.2) is 36.8 Å². The van der Waals surface area contributed by atoms with E-state index >= 15 is 0 Å². The molecule has 26 heavy (non-hydrogen) atoms. The molecule has 0 aliphatic rings. The number of anilines is 1. The van der Waals surface area contributed by atoms with Crippen molar-refractivity contribution < 1.29 is 4.74 Å². The Kier molecular flexibility index (Phi) is 4.00. The number of hydrogen-bond acceptors (Lipinski definition) is 6. The molecule has 4 rings (SSSR count). The number of nitrogens with zero attached hydrogens (tertiary/aromatic N) is 5. The Morgan fingerprint density at radius 2 is 2.12 bits per heavy atom. The fourth-order valence-electron chi connectivity index (χ4n) is 2.78. The Morgan fingerprint density at radius 3 is 2.88 bits per heavy atom. The van der Waals surface area contributed by atoms with Crippen LogP contribution in [0.25, 0.3) is 22.3 Å². The highest BCUT2D eigenvalue weighted by Gasteiger charge is 2.09. The van der Waals surface area contributed by atoms with Gasteiger partial charge in [0.25, 0.3) is 0 Å². The van der Waals surface area contributed by atoms with Gasteiger partial charge in [0, 0.05) is 31.1 Å². The number of H-pyrrole nitrogens is 1. The van der Waals surface area contributed by atoms with Crippen LogP contribution in [0.4, 0.5) is 5.95 Å². The zero-order valence-corrected chi connectivity index (χ0v) is 14.8. The number of rotatable bonds is 5. The number of fused-ring (bicyclic) bond motifs is 1. The molecule has 3 aromatic heterocycles. The van der Waals surface area contributed by atoms with Gasteiger partial charge in [0.2, 0.25) is 5.95 Å². The number of methoxy groups -OCH3 is 1. The molecule has 0 saturated heterocycles. The zero-order chi connectivity index (χ0) is 18.1. The quantitative estimate of drug-likeness (QED) is 0.575. The van der Waals surface area contributed by atoms with Crippen molar-refractivity contribution in [3.8, 4) is 17.0 Å². The lowest BCUT2D eigenvalue weighted by Crippen LogP contribution is -2.06. The Labute approximate surface area is 150 Å². The highest BCUT2D eigenvalue weighted by molar-refractivity contribution is 5.76. The molecule has 0 unspecified atom stereocenters. The average Bonchev–Trinajstić information content (AvgIpc) is 3.26. The van der Waals surface area contributed by atoms with Gasteiger partial charge in [0.05, 0.1) is 36.6 Å². The maximum absolute atomic E-state index is 5.24. The SMILES string of the molecule is COc1ccc2nc(CNc3ncc(C)c(-c4cnn(C)c4)n3)[nH]c2c1. The number of aromatic amines is 1. The van der Waals surface area contributed by atoms with Crippen LogP contribution in [0.5, 0.6) is 5.75 Å². The van der Waals surface area contributed by atoms with E-state index in [2.05, 4.69) is 30.4 Å². The Morgan fingerprint density at radius 1 is 1.23 bits per heavy atom. The van der Waals surface area contributed by atoms with E-state index in [0.29, 0.717) is 12.5 Å². The van der Waals surface area contributed by atoms with Crippen molar-refractivity contribution >= 4 is 17.0 Å². The first-order chi connectivity index (χ1) is 12.6. The molecule has 8 heteroatoms. The topological polar surface area (TPSA) is 93.5 Å². The molecule has 3 heterocycles. The molecule has 0 spiro atoms. The van der Waals surface area contributed by atoms with Crippen LogP contribution in [0.2, 0.25) is 0 Å². The van der Waals surface area contributed by atoms with E-state index in [1.807, 2.05) is 38.4 Å². The number of hydrogen-bond donors (Lipinski definition) is 2. The minimum absolute atomic E-state index is 0.493. The molecule has 4 aromatic rings. The summed E-state index contributed by atoms with van der Waals surface area (Å²) in [7, 11) is 3.53. The molecule has 0 radical (unpaired) electrons. The maximum Gasteiger partial charge on any atom is 0.223 e. The second-order valence-electron chi connectivity index (χ2n) is 6.05. The van der Waals surface area contributed by atoms with Crippen molar-refractivity contribution in [1.29, 1.82) is 0 Å². The van der Waals surface area contributed by atoms with Crippen LogP contribution >= 0.6 is 0 Å². The smallest absolute Gasteiger partial charge is 0.223 e. The number of nitrogens with one attached hydrogen (secondary N) is 2. The van der Waals surface area contributed by atoms with Crippen LogP contribution in [0.1, 0.15) is 11.4 Å². The Balaban J connectivity index is 1.54. The van der Waals surface area contributed by atoms with E-state index in [1.54, 1.807) is 24.2 Å². The normalized spacial score (nSPS) is 11.0. The molecular formula is C18H19N7O. The summed E-state index contributed by atoms with van der Waals surface area (Å²) in [4.78, 5) is 16.8. The third-order valence-electron chi connectivity index (χ3n) is 4.10. The van der Waals surface area contributed by atoms with Crippen molar-refractivity contribution in [2.45, 2.75) is 13.5 Å². The van der Waals surface area contributed by atoms with E-state index in [4.69, 9.17) is 4.74 Å². The Bertz CT molecular complexity index is 1070. The summed E-state index contributed by atoms with van der Waals surface area (Å²) in [6.07, 6.45) is 5.54. The average molecular weight is 349 g/mol. The number of aromatic nitrogens is 6. The second-order valence-corrected chi connectivity index (χ2v) is 6.05. The molecular weight excluding hydrogens is 330 g/mol. The summed E-state index contributed by atoms with van der Waals surface area (Å²) in [6.45, 7) is 2.48. The van der Waals surface area contributed by atoms with Gasteiger partial charge in [-0.3, -0.25) is 4.68 Å². The van der Waals surface area contributed by atoms with E-state index in [0.717, 1.165) is 39.4 Å². The third kappa shape index (κ3) is 3.08. The van der Waals surface area contributed by atoms with Gasteiger partial charge >= 0.3 is 0 Å². The first kappa shape index (κ1) is 16.1. The summed E-state index contributed by atoms with van der Waals surface area (Å²) in [6, 6.07) is 5.75. The summed E-state index contributed by atoms with van der Waals surface area (Å²) in [5, 5.41) is 7.43. The van der Waals surface area contributed by atoms with Crippen LogP contribution < -0.4 is 10.1 Å². The molecule has 0 saturated carbocycles. The largest absolute Gasteiger partial charge is 0.497 e. The van der Waals surface area contributed by atoms with Gasteiger partial charge in [-0.05, 0) is 24.6 Å². The lowest BCUT2D eigenvalue weighted by atomic mass is 10.1. The fourth-order valence-corrected chi connectivity index (χ4v) is 2.78. The minimum Gasteiger partial charge on any atom is -0.497 e. The first-order valence-corrected chi connectivity index (χ1v) is 8.21. The van der Waals surface area contributed by atoms with E-state index in [9.17, 15) is 0 Å². The highest BCUT2D eigenvalue weighted by atomic mass is 16.5. The fraction of sp³-hybridized carbons (Fsp3) is 0.222. The van der Waals surface area contributed by atoms with Crippen LogP contribution in [0.3, 0.4) is 0 Å². The number of benzene rings is 1. The highest BCUT2D eigenvalue weighted by Crippen LogP contribution is 2.22. The summed E-state index contributed by atoms with van der Waals surface area (Å²) >= 11 is 0. The van der Waals surface area contributed by atoms with Gasteiger partial charge in [-0.2, -0.15) is 5.10 Å². The monoisotopic (exact) mass is 349 g/mol. The number of ether oxygens (including phenoxy) is 1. The Hall–Kier alpha value is -3.42. The zero-order valence-electron chi connectivity index (χ0n) is 14.8. The second kappa shape index (κ2) is 6.47. The maximum atomic E-state index is 5.24. The van der Waals surface area contributed by atoms with Gasteiger partial charge < -0.3 is 15.0 Å². The summed E-state index contributed by atoms with van der Waals surface area (Å²) in [5.74, 6) is 2.15. The molecule has 0 atom stereocenters. The van der Waals surface area contributed by atoms with E-state index < -0.39 is 0 Å². The van der Waals surface area contributed by atoms with Gasteiger partial charge in [0.1, 0.15) is 11.6 Å². The minimum atomic E-state index is 0.493. The summed E-state index contributed by atoms with van der Waals surface area (Å²) in [5.41, 5.74) is 4.65. The molecule has 0 bridgehead atoms. The van der Waals surface area contributed by atoms with Crippen LogP contribution in [-0.2, 0) is 13.6 Å². The molecule has 1 aromatic carbocycles. The lowest BCUT2D eigenvalue weighted by Gasteiger charge is -2.06. The van der Waals surface area contributed by atoms with Gasteiger partial charge in [-0.1, -0.05) is 0 Å². The molecule has 0 fully saturated rings. The van der Waals surface area contributed by atoms with Gasteiger partial charge in [-0.25, -0.2) is 15.0 Å².